The molecule has 116 valence electrons. The summed E-state index contributed by atoms with van der Waals surface area (Å²) in [6, 6.07) is -1.16. The molecule has 1 heterocycles. The van der Waals surface area contributed by atoms with Gasteiger partial charge in [0.2, 0.25) is 5.91 Å². The highest BCUT2D eigenvalue weighted by atomic mass is 16.7. The minimum absolute atomic E-state index is 0.541. The van der Waals surface area contributed by atoms with Crippen LogP contribution in [0.4, 0.5) is 0 Å². The first-order chi connectivity index (χ1) is 9.08. The predicted octanol–water partition coefficient (Wildman–Crippen LogP) is -2.84. The molecular weight excluding hydrogens is 274 g/mol. The van der Waals surface area contributed by atoms with Crippen LogP contribution in [0.1, 0.15) is 20.3 Å². The van der Waals surface area contributed by atoms with Gasteiger partial charge in [0.15, 0.2) is 0 Å². The molecule has 0 saturated carbocycles. The van der Waals surface area contributed by atoms with E-state index in [0.29, 0.717) is 0 Å². The number of nitrogens with one attached hydrogen (secondary N) is 1. The van der Waals surface area contributed by atoms with E-state index in [1.807, 2.05) is 0 Å². The molecule has 6 N–H and O–H groups in total. The number of carboxylic acid groups (broad SMARTS) is 1. The maximum absolute atomic E-state index is 11.1. The van der Waals surface area contributed by atoms with Gasteiger partial charge in [-0.05, 0) is 6.92 Å². The maximum Gasteiger partial charge on any atom is 0.364 e. The molecule has 1 aliphatic rings. The van der Waals surface area contributed by atoms with Crippen molar-refractivity contribution in [3.8, 4) is 0 Å². The van der Waals surface area contributed by atoms with Crippen LogP contribution in [0.5, 0.6) is 0 Å². The van der Waals surface area contributed by atoms with E-state index in [0.717, 1.165) is 6.92 Å². The molecule has 0 aromatic carbocycles. The Bertz CT molecular complexity index is 387. The molecule has 0 radical (unpaired) electrons. The van der Waals surface area contributed by atoms with E-state index in [1.165, 1.54) is 6.92 Å². The van der Waals surface area contributed by atoms with Gasteiger partial charge >= 0.3 is 5.97 Å². The number of carbonyl (C=O) groups is 2. The van der Waals surface area contributed by atoms with Crippen molar-refractivity contribution in [1.29, 1.82) is 0 Å². The average molecular weight is 293 g/mol. The fourth-order valence-electron chi connectivity index (χ4n) is 2.08. The Morgan fingerprint density at radius 2 is 1.95 bits per heavy atom. The fraction of sp³-hybridized carbons (Fsp3) is 0.818. The van der Waals surface area contributed by atoms with Crippen molar-refractivity contribution in [2.24, 2.45) is 0 Å². The summed E-state index contributed by atoms with van der Waals surface area (Å²) in [6.07, 6.45) is -6.56. The van der Waals surface area contributed by atoms with Gasteiger partial charge in [0, 0.05) is 13.3 Å². The molecule has 6 atom stereocenters. The van der Waals surface area contributed by atoms with Gasteiger partial charge in [-0.3, -0.25) is 4.79 Å². The van der Waals surface area contributed by atoms with E-state index in [9.17, 15) is 30.0 Å². The Balaban J connectivity index is 3.06. The summed E-state index contributed by atoms with van der Waals surface area (Å²) in [7, 11) is 0. The van der Waals surface area contributed by atoms with Crippen LogP contribution in [0.25, 0.3) is 0 Å². The number of ether oxygens (including phenoxy) is 1. The summed E-state index contributed by atoms with van der Waals surface area (Å²) in [5.41, 5.74) is 0. The maximum atomic E-state index is 11.1. The van der Waals surface area contributed by atoms with E-state index in [-0.39, 0.29) is 0 Å². The molecule has 1 aliphatic heterocycles. The first-order valence-electron chi connectivity index (χ1n) is 6.03. The average Bonchev–Trinajstić information content (AvgIpc) is 2.30. The molecule has 0 aliphatic carbocycles. The van der Waals surface area contributed by atoms with Gasteiger partial charge in [0.1, 0.15) is 12.2 Å². The lowest BCUT2D eigenvalue weighted by atomic mass is 9.89. The van der Waals surface area contributed by atoms with Crippen molar-refractivity contribution >= 4 is 11.9 Å². The number of carboxylic acids is 1. The van der Waals surface area contributed by atoms with Crippen molar-refractivity contribution in [3.63, 3.8) is 0 Å². The third-order valence-electron chi connectivity index (χ3n) is 3.12. The Labute approximate surface area is 114 Å². The van der Waals surface area contributed by atoms with Crippen LogP contribution in [-0.4, -0.2) is 73.7 Å². The lowest BCUT2D eigenvalue weighted by molar-refractivity contribution is -0.293. The number of aliphatic carboxylic acids is 1. The number of hydrogen-bond donors (Lipinski definition) is 6. The highest BCUT2D eigenvalue weighted by molar-refractivity contribution is 5.76. The summed E-state index contributed by atoms with van der Waals surface area (Å²) in [4.78, 5) is 22.1. The van der Waals surface area contributed by atoms with E-state index in [1.54, 1.807) is 0 Å². The minimum Gasteiger partial charge on any atom is -0.477 e. The van der Waals surface area contributed by atoms with Gasteiger partial charge in [0.25, 0.3) is 5.79 Å². The molecule has 0 aromatic heterocycles. The number of aliphatic hydroxyl groups is 4. The van der Waals surface area contributed by atoms with Crippen molar-refractivity contribution < 1.29 is 39.9 Å². The van der Waals surface area contributed by atoms with Gasteiger partial charge in [0.05, 0.1) is 18.2 Å². The Hall–Kier alpha value is -1.26. The summed E-state index contributed by atoms with van der Waals surface area (Å²) < 4.78 is 4.91. The quantitative estimate of drug-likeness (QED) is 0.323. The highest BCUT2D eigenvalue weighted by Crippen LogP contribution is 2.30. The molecule has 1 fully saturated rings. The minimum atomic E-state index is -2.70. The second-order valence-corrected chi connectivity index (χ2v) is 4.90. The lowest BCUT2D eigenvalue weighted by Crippen LogP contribution is -2.66. The van der Waals surface area contributed by atoms with Crippen LogP contribution in [0, 0.1) is 0 Å². The van der Waals surface area contributed by atoms with E-state index < -0.39 is 54.5 Å². The number of hydrogen-bond acceptors (Lipinski definition) is 7. The lowest BCUT2D eigenvalue weighted by Gasteiger charge is -2.44. The number of rotatable bonds is 4. The van der Waals surface area contributed by atoms with Gasteiger partial charge in [-0.2, -0.15) is 0 Å². The molecule has 0 spiro atoms. The van der Waals surface area contributed by atoms with Crippen molar-refractivity contribution in [1.82, 2.24) is 5.32 Å². The van der Waals surface area contributed by atoms with Crippen LogP contribution in [0.3, 0.4) is 0 Å². The molecule has 1 rings (SSSR count). The van der Waals surface area contributed by atoms with Gasteiger partial charge in [-0.1, -0.05) is 0 Å². The predicted molar refractivity (Wildman–Crippen MR) is 63.4 cm³/mol. The van der Waals surface area contributed by atoms with Crippen molar-refractivity contribution in [2.45, 2.75) is 56.5 Å². The van der Waals surface area contributed by atoms with Gasteiger partial charge in [-0.15, -0.1) is 0 Å². The zero-order valence-corrected chi connectivity index (χ0v) is 11.1. The van der Waals surface area contributed by atoms with Crippen LogP contribution in [-0.2, 0) is 14.3 Å². The third kappa shape index (κ3) is 3.44. The molecule has 1 amide bonds. The second kappa shape index (κ2) is 6.02. The van der Waals surface area contributed by atoms with E-state index in [2.05, 4.69) is 5.32 Å². The molecule has 1 saturated heterocycles. The monoisotopic (exact) mass is 293 g/mol. The smallest absolute Gasteiger partial charge is 0.364 e. The zero-order valence-electron chi connectivity index (χ0n) is 11.1. The third-order valence-corrected chi connectivity index (χ3v) is 3.12. The summed E-state index contributed by atoms with van der Waals surface area (Å²) in [5.74, 6) is -4.98. The number of carbonyl (C=O) groups excluding carboxylic acids is 1. The molecule has 0 bridgehead atoms. The molecule has 9 nitrogen and oxygen atoms in total. The van der Waals surface area contributed by atoms with Crippen LogP contribution >= 0.6 is 0 Å². The summed E-state index contributed by atoms with van der Waals surface area (Å²) >= 11 is 0. The van der Waals surface area contributed by atoms with Crippen LogP contribution in [0.15, 0.2) is 0 Å². The first-order valence-corrected chi connectivity index (χ1v) is 6.03. The van der Waals surface area contributed by atoms with Crippen LogP contribution < -0.4 is 5.32 Å². The fourth-order valence-corrected chi connectivity index (χ4v) is 2.08. The van der Waals surface area contributed by atoms with E-state index in [4.69, 9.17) is 9.84 Å². The first kappa shape index (κ1) is 16.8. The zero-order chi connectivity index (χ0) is 15.7. The van der Waals surface area contributed by atoms with Gasteiger partial charge < -0.3 is 35.6 Å². The number of amides is 1. The SMILES string of the molecule is CC(=O)N[C@@H]1[C@@H](O)CC(O)(C(=O)O)O[C@H]1C(O)C(C)O. The highest BCUT2D eigenvalue weighted by Gasteiger charge is 2.53. The molecule has 0 aromatic rings. The van der Waals surface area contributed by atoms with Crippen molar-refractivity contribution in [2.75, 3.05) is 0 Å². The molecule has 3 unspecified atom stereocenters. The molecule has 20 heavy (non-hydrogen) atoms. The number of aliphatic hydroxyl groups excluding tert-OH is 3. The van der Waals surface area contributed by atoms with Crippen molar-refractivity contribution in [3.05, 3.63) is 0 Å². The largest absolute Gasteiger partial charge is 0.477 e. The normalized spacial score (nSPS) is 37.0. The second-order valence-electron chi connectivity index (χ2n) is 4.90. The Morgan fingerprint density at radius 1 is 1.40 bits per heavy atom. The summed E-state index contributed by atoms with van der Waals surface area (Å²) in [5, 5.41) is 50.1. The molecule has 9 heteroatoms. The Morgan fingerprint density at radius 3 is 2.35 bits per heavy atom. The van der Waals surface area contributed by atoms with Gasteiger partial charge in [-0.25, -0.2) is 4.79 Å². The molecular formula is C11H19NO8. The van der Waals surface area contributed by atoms with Crippen LogP contribution in [0.2, 0.25) is 0 Å². The Kier molecular flexibility index (Phi) is 5.05. The topological polar surface area (TPSA) is 157 Å². The van der Waals surface area contributed by atoms with E-state index >= 15 is 0 Å². The summed E-state index contributed by atoms with van der Waals surface area (Å²) in [6.45, 7) is 2.39. The standard InChI is InChI=1S/C11H19NO8/c1-4(13)8(16)9-7(12-5(2)14)6(15)3-11(19,20-9)10(17)18/h4,6-9,13,15-16,19H,3H2,1-2H3,(H,12,14)(H,17,18)/t4?,6-,7+,8?,9+,11?/m0/s1.